The van der Waals surface area contributed by atoms with Crippen LogP contribution in [0.4, 0.5) is 4.39 Å². The van der Waals surface area contributed by atoms with Crippen LogP contribution in [0.15, 0.2) is 24.3 Å². The number of halogens is 1. The molecular formula is C14H20FNO. The van der Waals surface area contributed by atoms with E-state index in [0.717, 1.165) is 12.0 Å². The topological polar surface area (TPSA) is 21.3 Å². The zero-order valence-corrected chi connectivity index (χ0v) is 10.7. The third-order valence-electron chi connectivity index (χ3n) is 3.90. The van der Waals surface area contributed by atoms with Crippen LogP contribution in [0.3, 0.4) is 0 Å². The first kappa shape index (κ1) is 12.5. The third kappa shape index (κ3) is 2.50. The molecule has 1 fully saturated rings. The molecule has 1 aliphatic carbocycles. The summed E-state index contributed by atoms with van der Waals surface area (Å²) in [5.41, 5.74) is 1.14. The Bertz CT molecular complexity index is 392. The van der Waals surface area contributed by atoms with E-state index in [-0.39, 0.29) is 11.2 Å². The molecule has 2 nitrogen and oxygen atoms in total. The van der Waals surface area contributed by atoms with E-state index in [4.69, 9.17) is 4.74 Å². The van der Waals surface area contributed by atoms with E-state index in [1.165, 1.54) is 6.07 Å². The smallest absolute Gasteiger partial charge is 0.123 e. The number of hydrogen-bond acceptors (Lipinski definition) is 2. The van der Waals surface area contributed by atoms with E-state index in [9.17, 15) is 4.39 Å². The SMILES string of the molecule is COC1CC(NCc2cccc(F)c2)C1(C)C. The Morgan fingerprint density at radius 2 is 2.24 bits per heavy atom. The van der Waals surface area contributed by atoms with Gasteiger partial charge in [0.25, 0.3) is 0 Å². The highest BCUT2D eigenvalue weighted by atomic mass is 19.1. The van der Waals surface area contributed by atoms with Crippen molar-refractivity contribution >= 4 is 0 Å². The van der Waals surface area contributed by atoms with E-state index in [1.54, 1.807) is 19.2 Å². The van der Waals surface area contributed by atoms with Crippen molar-refractivity contribution in [2.75, 3.05) is 7.11 Å². The van der Waals surface area contributed by atoms with Gasteiger partial charge in [0.05, 0.1) is 6.10 Å². The second kappa shape index (κ2) is 4.75. The second-order valence-electron chi connectivity index (χ2n) is 5.34. The minimum Gasteiger partial charge on any atom is -0.381 e. The average Bonchev–Trinajstić information content (AvgIpc) is 2.28. The number of nitrogens with one attached hydrogen (secondary N) is 1. The fraction of sp³-hybridized carbons (Fsp3) is 0.571. The maximum atomic E-state index is 13.0. The van der Waals surface area contributed by atoms with E-state index in [2.05, 4.69) is 19.2 Å². The lowest BCUT2D eigenvalue weighted by Crippen LogP contribution is -2.60. The van der Waals surface area contributed by atoms with Crippen molar-refractivity contribution in [1.82, 2.24) is 5.32 Å². The highest BCUT2D eigenvalue weighted by molar-refractivity contribution is 5.16. The van der Waals surface area contributed by atoms with Gasteiger partial charge >= 0.3 is 0 Å². The van der Waals surface area contributed by atoms with Crippen molar-refractivity contribution in [3.63, 3.8) is 0 Å². The van der Waals surface area contributed by atoms with Gasteiger partial charge in [0.15, 0.2) is 0 Å². The lowest BCUT2D eigenvalue weighted by molar-refractivity contribution is -0.0979. The van der Waals surface area contributed by atoms with Crippen LogP contribution in [-0.2, 0) is 11.3 Å². The molecule has 1 aliphatic rings. The van der Waals surface area contributed by atoms with Gasteiger partial charge in [0.1, 0.15) is 5.82 Å². The molecule has 2 unspecified atom stereocenters. The Balaban J connectivity index is 1.88. The molecule has 2 rings (SSSR count). The number of benzene rings is 1. The van der Waals surface area contributed by atoms with E-state index >= 15 is 0 Å². The first-order chi connectivity index (χ1) is 8.04. The number of methoxy groups -OCH3 is 1. The highest BCUT2D eigenvalue weighted by Gasteiger charge is 2.48. The molecule has 0 aromatic heterocycles. The summed E-state index contributed by atoms with van der Waals surface area (Å²) in [5, 5.41) is 3.47. The highest BCUT2D eigenvalue weighted by Crippen LogP contribution is 2.42. The van der Waals surface area contributed by atoms with Gasteiger partial charge in [-0.05, 0) is 24.1 Å². The van der Waals surface area contributed by atoms with Crippen LogP contribution in [-0.4, -0.2) is 19.3 Å². The fourth-order valence-electron chi connectivity index (χ4n) is 2.52. The summed E-state index contributed by atoms with van der Waals surface area (Å²) in [6.07, 6.45) is 1.35. The molecule has 0 bridgehead atoms. The van der Waals surface area contributed by atoms with Crippen LogP contribution >= 0.6 is 0 Å². The summed E-state index contributed by atoms with van der Waals surface area (Å²) in [4.78, 5) is 0. The zero-order chi connectivity index (χ0) is 12.5. The van der Waals surface area contributed by atoms with Crippen molar-refractivity contribution in [3.05, 3.63) is 35.6 Å². The van der Waals surface area contributed by atoms with Crippen LogP contribution in [0.25, 0.3) is 0 Å². The number of hydrogen-bond donors (Lipinski definition) is 1. The van der Waals surface area contributed by atoms with Gasteiger partial charge in [-0.1, -0.05) is 26.0 Å². The molecule has 0 amide bonds. The average molecular weight is 237 g/mol. The quantitative estimate of drug-likeness (QED) is 0.869. The van der Waals surface area contributed by atoms with Gasteiger partial charge in [-0.25, -0.2) is 4.39 Å². The summed E-state index contributed by atoms with van der Waals surface area (Å²) in [7, 11) is 1.76. The Kier molecular flexibility index (Phi) is 3.50. The van der Waals surface area contributed by atoms with Gasteiger partial charge in [-0.15, -0.1) is 0 Å². The normalized spacial score (nSPS) is 26.6. The Labute approximate surface area is 102 Å². The van der Waals surface area contributed by atoms with Crippen LogP contribution in [0.5, 0.6) is 0 Å². The maximum absolute atomic E-state index is 13.0. The molecule has 0 saturated heterocycles. The minimum atomic E-state index is -0.174. The van der Waals surface area contributed by atoms with Crippen molar-refractivity contribution in [2.45, 2.75) is 39.0 Å². The van der Waals surface area contributed by atoms with Gasteiger partial charge < -0.3 is 10.1 Å². The van der Waals surface area contributed by atoms with E-state index < -0.39 is 0 Å². The zero-order valence-electron chi connectivity index (χ0n) is 10.7. The lowest BCUT2D eigenvalue weighted by atomic mass is 9.64. The van der Waals surface area contributed by atoms with Crippen molar-refractivity contribution in [2.24, 2.45) is 5.41 Å². The molecule has 17 heavy (non-hydrogen) atoms. The lowest BCUT2D eigenvalue weighted by Gasteiger charge is -2.51. The molecule has 2 atom stereocenters. The Morgan fingerprint density at radius 1 is 1.47 bits per heavy atom. The summed E-state index contributed by atoms with van der Waals surface area (Å²) < 4.78 is 18.4. The Hall–Kier alpha value is -0.930. The van der Waals surface area contributed by atoms with Gasteiger partial charge in [0, 0.05) is 25.1 Å². The van der Waals surface area contributed by atoms with Gasteiger partial charge in [-0.3, -0.25) is 0 Å². The minimum absolute atomic E-state index is 0.155. The van der Waals surface area contributed by atoms with Gasteiger partial charge in [0.2, 0.25) is 0 Å². The van der Waals surface area contributed by atoms with Crippen molar-refractivity contribution in [1.29, 1.82) is 0 Å². The predicted molar refractivity (Wildman–Crippen MR) is 66.2 cm³/mol. The molecule has 1 N–H and O–H groups in total. The van der Waals surface area contributed by atoms with Crippen LogP contribution in [0.2, 0.25) is 0 Å². The summed E-state index contributed by atoms with van der Waals surface area (Å²) in [6.45, 7) is 5.12. The standard InChI is InChI=1S/C14H20FNO/c1-14(2)12(8-13(14)17-3)16-9-10-5-4-6-11(15)7-10/h4-7,12-13,16H,8-9H2,1-3H3. The van der Waals surface area contributed by atoms with Crippen molar-refractivity contribution in [3.8, 4) is 0 Å². The van der Waals surface area contributed by atoms with E-state index in [1.807, 2.05) is 6.07 Å². The summed E-state index contributed by atoms with van der Waals surface area (Å²) >= 11 is 0. The molecular weight excluding hydrogens is 217 g/mol. The molecule has 1 aromatic carbocycles. The Morgan fingerprint density at radius 3 is 2.82 bits per heavy atom. The third-order valence-corrected chi connectivity index (χ3v) is 3.90. The largest absolute Gasteiger partial charge is 0.381 e. The van der Waals surface area contributed by atoms with Gasteiger partial charge in [-0.2, -0.15) is 0 Å². The molecule has 0 radical (unpaired) electrons. The monoisotopic (exact) mass is 237 g/mol. The number of rotatable bonds is 4. The van der Waals surface area contributed by atoms with Crippen LogP contribution in [0.1, 0.15) is 25.8 Å². The maximum Gasteiger partial charge on any atom is 0.123 e. The van der Waals surface area contributed by atoms with Crippen molar-refractivity contribution < 1.29 is 9.13 Å². The molecule has 94 valence electrons. The van der Waals surface area contributed by atoms with Crippen LogP contribution in [0, 0.1) is 11.2 Å². The summed E-state index contributed by atoms with van der Waals surface area (Å²) in [5.74, 6) is -0.174. The first-order valence-corrected chi connectivity index (χ1v) is 6.04. The molecule has 0 heterocycles. The predicted octanol–water partition coefficient (Wildman–Crippen LogP) is 2.73. The van der Waals surface area contributed by atoms with E-state index in [0.29, 0.717) is 18.7 Å². The molecule has 0 aliphatic heterocycles. The number of ether oxygens (including phenoxy) is 1. The fourth-order valence-corrected chi connectivity index (χ4v) is 2.52. The molecule has 3 heteroatoms. The summed E-state index contributed by atoms with van der Waals surface area (Å²) in [6, 6.07) is 7.17. The molecule has 1 saturated carbocycles. The second-order valence-corrected chi connectivity index (χ2v) is 5.34. The van der Waals surface area contributed by atoms with Crippen LogP contribution < -0.4 is 5.32 Å². The molecule has 0 spiro atoms. The molecule has 1 aromatic rings. The first-order valence-electron chi connectivity index (χ1n) is 6.04.